The van der Waals surface area contributed by atoms with Crippen LogP contribution in [0, 0.1) is 0 Å². The fourth-order valence-corrected chi connectivity index (χ4v) is 3.20. The van der Waals surface area contributed by atoms with Gasteiger partial charge in [-0.25, -0.2) is 13.1 Å². The van der Waals surface area contributed by atoms with Crippen molar-refractivity contribution in [2.45, 2.75) is 11.3 Å². The molecule has 0 spiro atoms. The highest BCUT2D eigenvalue weighted by Gasteiger charge is 2.15. The first kappa shape index (κ1) is 18.9. The van der Waals surface area contributed by atoms with Crippen LogP contribution < -0.4 is 10.0 Å². The molecule has 2 aromatic carbocycles. The van der Waals surface area contributed by atoms with Crippen molar-refractivity contribution in [3.8, 4) is 0 Å². The second kappa shape index (κ2) is 8.09. The highest BCUT2D eigenvalue weighted by molar-refractivity contribution is 7.89. The maximum Gasteiger partial charge on any atom is 0.241 e. The smallest absolute Gasteiger partial charge is 0.241 e. The van der Waals surface area contributed by atoms with E-state index in [9.17, 15) is 18.0 Å². The number of likely N-dealkylation sites (N-methyl/N-ethyl adjacent to an activating group) is 1. The number of carbonyl (C=O) groups is 2. The van der Waals surface area contributed by atoms with Gasteiger partial charge in [-0.3, -0.25) is 9.59 Å². The van der Waals surface area contributed by atoms with Gasteiger partial charge in [-0.2, -0.15) is 0 Å². The van der Waals surface area contributed by atoms with Crippen molar-refractivity contribution in [3.05, 3.63) is 42.5 Å². The Balaban J connectivity index is 1.90. The minimum atomic E-state index is -3.70. The zero-order valence-electron chi connectivity index (χ0n) is 14.2. The van der Waals surface area contributed by atoms with E-state index < -0.39 is 15.9 Å². The number of amides is 2. The summed E-state index contributed by atoms with van der Waals surface area (Å²) in [7, 11) is -0.518. The number of carbonyl (C=O) groups excluding carboxylic acids is 2. The molecule has 0 aliphatic rings. The van der Waals surface area contributed by atoms with E-state index in [1.54, 1.807) is 26.2 Å². The minimum absolute atomic E-state index is 0.0445. The molecular formula is C17H21N3O4S. The van der Waals surface area contributed by atoms with Gasteiger partial charge in [-0.1, -0.05) is 30.3 Å². The van der Waals surface area contributed by atoms with Crippen LogP contribution in [-0.4, -0.2) is 52.3 Å². The van der Waals surface area contributed by atoms with E-state index >= 15 is 0 Å². The number of fused-ring (bicyclic) bond motifs is 1. The van der Waals surface area contributed by atoms with E-state index in [1.165, 1.54) is 11.0 Å². The molecule has 0 aliphatic heterocycles. The van der Waals surface area contributed by atoms with Gasteiger partial charge in [0.2, 0.25) is 21.8 Å². The predicted octanol–water partition coefficient (Wildman–Crippen LogP) is 0.713. The molecule has 0 aromatic heterocycles. The predicted molar refractivity (Wildman–Crippen MR) is 95.5 cm³/mol. The van der Waals surface area contributed by atoms with Crippen LogP contribution in [0.2, 0.25) is 0 Å². The van der Waals surface area contributed by atoms with Crippen LogP contribution in [0.25, 0.3) is 10.8 Å². The molecule has 2 amide bonds. The Labute approximate surface area is 147 Å². The standard InChI is InChI=1S/C17H21N3O4S/c1-20(2)17(22)12-18-16(21)9-10-19-25(23,24)15-8-7-13-5-3-4-6-14(13)11-15/h3-8,11,19H,9-10,12H2,1-2H3,(H,18,21). The van der Waals surface area contributed by atoms with E-state index in [2.05, 4.69) is 10.0 Å². The molecule has 0 bridgehead atoms. The first-order chi connectivity index (χ1) is 11.8. The van der Waals surface area contributed by atoms with Crippen LogP contribution in [0.5, 0.6) is 0 Å². The van der Waals surface area contributed by atoms with E-state index in [0.717, 1.165) is 10.8 Å². The van der Waals surface area contributed by atoms with Gasteiger partial charge in [0.05, 0.1) is 11.4 Å². The van der Waals surface area contributed by atoms with Crippen LogP contribution in [0.15, 0.2) is 47.4 Å². The van der Waals surface area contributed by atoms with Crippen molar-refractivity contribution in [1.29, 1.82) is 0 Å². The Morgan fingerprint density at radius 3 is 2.40 bits per heavy atom. The van der Waals surface area contributed by atoms with Gasteiger partial charge in [0.1, 0.15) is 0 Å². The van der Waals surface area contributed by atoms with Crippen molar-refractivity contribution in [2.24, 2.45) is 0 Å². The van der Waals surface area contributed by atoms with Crippen LogP contribution in [0.3, 0.4) is 0 Å². The first-order valence-electron chi connectivity index (χ1n) is 7.75. The molecule has 2 aromatic rings. The van der Waals surface area contributed by atoms with Gasteiger partial charge in [-0.05, 0) is 22.9 Å². The summed E-state index contributed by atoms with van der Waals surface area (Å²) in [5, 5.41) is 4.22. The zero-order chi connectivity index (χ0) is 18.4. The van der Waals surface area contributed by atoms with Gasteiger partial charge in [-0.15, -0.1) is 0 Å². The average Bonchev–Trinajstić information content (AvgIpc) is 2.58. The van der Waals surface area contributed by atoms with Crippen molar-refractivity contribution in [1.82, 2.24) is 14.9 Å². The van der Waals surface area contributed by atoms with Crippen LogP contribution >= 0.6 is 0 Å². The van der Waals surface area contributed by atoms with Crippen molar-refractivity contribution in [2.75, 3.05) is 27.2 Å². The molecule has 2 N–H and O–H groups in total. The molecule has 0 unspecified atom stereocenters. The number of nitrogens with one attached hydrogen (secondary N) is 2. The number of sulfonamides is 1. The van der Waals surface area contributed by atoms with Gasteiger partial charge in [0, 0.05) is 27.1 Å². The quantitative estimate of drug-likeness (QED) is 0.757. The maximum absolute atomic E-state index is 12.3. The van der Waals surface area contributed by atoms with Gasteiger partial charge in [0.25, 0.3) is 0 Å². The van der Waals surface area contributed by atoms with Crippen molar-refractivity contribution in [3.63, 3.8) is 0 Å². The number of rotatable bonds is 7. The Morgan fingerprint density at radius 1 is 1.04 bits per heavy atom. The van der Waals surface area contributed by atoms with E-state index in [1.807, 2.05) is 24.3 Å². The number of nitrogens with zero attached hydrogens (tertiary/aromatic N) is 1. The highest BCUT2D eigenvalue weighted by atomic mass is 32.2. The lowest BCUT2D eigenvalue weighted by Gasteiger charge is -2.11. The van der Waals surface area contributed by atoms with Crippen LogP contribution in [0.4, 0.5) is 0 Å². The van der Waals surface area contributed by atoms with Crippen LogP contribution in [0.1, 0.15) is 6.42 Å². The third kappa shape index (κ3) is 5.27. The Morgan fingerprint density at radius 2 is 1.72 bits per heavy atom. The third-order valence-corrected chi connectivity index (χ3v) is 5.07. The molecule has 7 nitrogen and oxygen atoms in total. The average molecular weight is 363 g/mol. The monoisotopic (exact) mass is 363 g/mol. The summed E-state index contributed by atoms with van der Waals surface area (Å²) >= 11 is 0. The molecule has 0 aliphatic carbocycles. The molecule has 0 atom stereocenters. The topological polar surface area (TPSA) is 95.6 Å². The lowest BCUT2D eigenvalue weighted by molar-refractivity contribution is -0.130. The molecular weight excluding hydrogens is 342 g/mol. The second-order valence-electron chi connectivity index (χ2n) is 5.72. The molecule has 8 heteroatoms. The van der Waals surface area contributed by atoms with Crippen LogP contribution in [-0.2, 0) is 19.6 Å². The van der Waals surface area contributed by atoms with Crippen molar-refractivity contribution < 1.29 is 18.0 Å². The summed E-state index contributed by atoms with van der Waals surface area (Å²) in [6, 6.07) is 12.3. The summed E-state index contributed by atoms with van der Waals surface area (Å²) in [4.78, 5) is 24.5. The van der Waals surface area contributed by atoms with E-state index in [4.69, 9.17) is 0 Å². The normalized spacial score (nSPS) is 11.3. The fraction of sp³-hybridized carbons (Fsp3) is 0.294. The number of hydrogen-bond acceptors (Lipinski definition) is 4. The Kier molecular flexibility index (Phi) is 6.11. The van der Waals surface area contributed by atoms with Crippen molar-refractivity contribution >= 4 is 32.6 Å². The number of hydrogen-bond donors (Lipinski definition) is 2. The van der Waals surface area contributed by atoms with E-state index in [0.29, 0.717) is 0 Å². The van der Waals surface area contributed by atoms with Gasteiger partial charge >= 0.3 is 0 Å². The fourth-order valence-electron chi connectivity index (χ4n) is 2.14. The summed E-state index contributed by atoms with van der Waals surface area (Å²) in [6.45, 7) is -0.152. The van der Waals surface area contributed by atoms with Gasteiger partial charge in [0.15, 0.2) is 0 Å². The lowest BCUT2D eigenvalue weighted by Crippen LogP contribution is -2.37. The third-order valence-electron chi connectivity index (χ3n) is 3.61. The zero-order valence-corrected chi connectivity index (χ0v) is 15.0. The highest BCUT2D eigenvalue weighted by Crippen LogP contribution is 2.18. The molecule has 0 fully saturated rings. The SMILES string of the molecule is CN(C)C(=O)CNC(=O)CCNS(=O)(=O)c1ccc2ccccc2c1. The molecule has 2 rings (SSSR count). The Bertz CT molecular complexity index is 878. The molecule has 0 radical (unpaired) electrons. The lowest BCUT2D eigenvalue weighted by atomic mass is 10.1. The summed E-state index contributed by atoms with van der Waals surface area (Å²) in [6.07, 6.45) is -0.0481. The molecule has 25 heavy (non-hydrogen) atoms. The maximum atomic E-state index is 12.3. The summed E-state index contributed by atoms with van der Waals surface area (Å²) < 4.78 is 27.0. The molecule has 0 saturated heterocycles. The second-order valence-corrected chi connectivity index (χ2v) is 7.49. The minimum Gasteiger partial charge on any atom is -0.347 e. The van der Waals surface area contributed by atoms with E-state index in [-0.39, 0.29) is 30.3 Å². The van der Waals surface area contributed by atoms with Gasteiger partial charge < -0.3 is 10.2 Å². The Hall–Kier alpha value is -2.45. The molecule has 134 valence electrons. The summed E-state index contributed by atoms with van der Waals surface area (Å²) in [5.74, 6) is -0.624. The molecule has 0 heterocycles. The number of benzene rings is 2. The largest absolute Gasteiger partial charge is 0.347 e. The molecule has 0 saturated carbocycles. The first-order valence-corrected chi connectivity index (χ1v) is 9.23. The summed E-state index contributed by atoms with van der Waals surface area (Å²) in [5.41, 5.74) is 0.